The molecule has 130 valence electrons. The molecule has 1 aromatic rings. The van der Waals surface area contributed by atoms with Crippen molar-refractivity contribution in [1.29, 1.82) is 5.26 Å². The van der Waals surface area contributed by atoms with Gasteiger partial charge in [0.1, 0.15) is 0 Å². The lowest BCUT2D eigenvalue weighted by atomic mass is 9.77. The fourth-order valence-corrected chi connectivity index (χ4v) is 3.43. The number of nitrogens with zero attached hydrogens (tertiary/aromatic N) is 1. The number of halogens is 3. The number of hydrogen-bond donors (Lipinski definition) is 0. The van der Waals surface area contributed by atoms with Gasteiger partial charge in [-0.25, -0.2) is 0 Å². The minimum absolute atomic E-state index is 0.0922. The summed E-state index contributed by atoms with van der Waals surface area (Å²) in [4.78, 5) is 0. The first kappa shape index (κ1) is 18.6. The second-order valence-corrected chi connectivity index (χ2v) is 6.65. The van der Waals surface area contributed by atoms with Gasteiger partial charge in [0.25, 0.3) is 0 Å². The van der Waals surface area contributed by atoms with Crippen molar-refractivity contribution < 1.29 is 13.2 Å². The summed E-state index contributed by atoms with van der Waals surface area (Å²) in [6.07, 6.45) is 5.52. The van der Waals surface area contributed by atoms with Gasteiger partial charge in [0.05, 0.1) is 11.6 Å². The molecule has 0 aliphatic heterocycles. The van der Waals surface area contributed by atoms with Gasteiger partial charge in [-0.1, -0.05) is 24.3 Å². The number of allylic oxidation sites excluding steroid dienone is 2. The van der Waals surface area contributed by atoms with Gasteiger partial charge in [-0.3, -0.25) is 0 Å². The third kappa shape index (κ3) is 6.39. The van der Waals surface area contributed by atoms with Crippen LogP contribution < -0.4 is 0 Å². The van der Waals surface area contributed by atoms with Gasteiger partial charge < -0.3 is 0 Å². The molecular weight excluding hydrogens is 311 g/mol. The molecule has 24 heavy (non-hydrogen) atoms. The number of nitriles is 1. The minimum atomic E-state index is -4.05. The van der Waals surface area contributed by atoms with Crippen LogP contribution in [0.25, 0.3) is 0 Å². The molecule has 0 N–H and O–H groups in total. The predicted molar refractivity (Wildman–Crippen MR) is 89.5 cm³/mol. The number of rotatable bonds is 6. The second-order valence-electron chi connectivity index (χ2n) is 6.65. The Labute approximate surface area is 142 Å². The fourth-order valence-electron chi connectivity index (χ4n) is 3.43. The molecule has 0 saturated heterocycles. The van der Waals surface area contributed by atoms with Crippen molar-refractivity contribution in [2.24, 2.45) is 5.92 Å². The van der Waals surface area contributed by atoms with Crippen LogP contribution in [0.4, 0.5) is 13.2 Å². The van der Waals surface area contributed by atoms with Crippen LogP contribution in [0.3, 0.4) is 0 Å². The highest BCUT2D eigenvalue weighted by molar-refractivity contribution is 5.33. The van der Waals surface area contributed by atoms with Crippen LogP contribution in [-0.4, -0.2) is 6.18 Å². The van der Waals surface area contributed by atoms with E-state index in [1.54, 1.807) is 6.08 Å². The quantitative estimate of drug-likeness (QED) is 0.544. The summed E-state index contributed by atoms with van der Waals surface area (Å²) in [6, 6.07) is 10.0. The largest absolute Gasteiger partial charge is 0.389 e. The van der Waals surface area contributed by atoms with Crippen molar-refractivity contribution in [2.75, 3.05) is 0 Å². The molecule has 1 aliphatic carbocycles. The molecule has 1 nitrogen and oxygen atoms in total. The van der Waals surface area contributed by atoms with E-state index in [1.807, 2.05) is 18.2 Å². The maximum absolute atomic E-state index is 12.0. The van der Waals surface area contributed by atoms with Crippen LogP contribution >= 0.6 is 0 Å². The Balaban J connectivity index is 1.65. The third-order valence-electron chi connectivity index (χ3n) is 4.86. The molecular formula is C20H24F3N. The molecule has 0 aromatic heterocycles. The van der Waals surface area contributed by atoms with E-state index < -0.39 is 12.6 Å². The summed E-state index contributed by atoms with van der Waals surface area (Å²) in [5, 5.41) is 8.84. The average Bonchev–Trinajstić information content (AvgIpc) is 2.58. The monoisotopic (exact) mass is 335 g/mol. The molecule has 0 amide bonds. The Hall–Kier alpha value is -1.76. The van der Waals surface area contributed by atoms with Crippen molar-refractivity contribution in [1.82, 2.24) is 0 Å². The van der Waals surface area contributed by atoms with E-state index >= 15 is 0 Å². The lowest BCUT2D eigenvalue weighted by Crippen LogP contribution is -2.13. The summed E-state index contributed by atoms with van der Waals surface area (Å²) in [6.45, 7) is 0. The normalized spacial score (nSPS) is 21.8. The molecule has 1 fully saturated rings. The van der Waals surface area contributed by atoms with E-state index in [4.69, 9.17) is 5.26 Å². The first-order chi connectivity index (χ1) is 11.5. The zero-order chi connectivity index (χ0) is 17.4. The maximum atomic E-state index is 12.0. The molecule has 1 aromatic carbocycles. The summed E-state index contributed by atoms with van der Waals surface area (Å²) in [5.74, 6) is 1.27. The molecule has 0 heterocycles. The predicted octanol–water partition coefficient (Wildman–Crippen LogP) is 6.51. The van der Waals surface area contributed by atoms with Gasteiger partial charge in [-0.15, -0.1) is 0 Å². The van der Waals surface area contributed by atoms with Crippen molar-refractivity contribution in [3.63, 3.8) is 0 Å². The van der Waals surface area contributed by atoms with Gasteiger partial charge in [-0.2, -0.15) is 18.4 Å². The molecule has 1 aliphatic rings. The van der Waals surface area contributed by atoms with Crippen LogP contribution in [0, 0.1) is 17.2 Å². The van der Waals surface area contributed by atoms with Crippen LogP contribution in [0.5, 0.6) is 0 Å². The minimum Gasteiger partial charge on any atom is -0.192 e. The molecule has 1 saturated carbocycles. The van der Waals surface area contributed by atoms with Gasteiger partial charge in [0.15, 0.2) is 0 Å². The number of benzene rings is 1. The summed E-state index contributed by atoms with van der Waals surface area (Å²) in [7, 11) is 0. The summed E-state index contributed by atoms with van der Waals surface area (Å²) < 4.78 is 36.1. The van der Waals surface area contributed by atoms with Crippen molar-refractivity contribution >= 4 is 0 Å². The first-order valence-electron chi connectivity index (χ1n) is 8.70. The summed E-state index contributed by atoms with van der Waals surface area (Å²) >= 11 is 0. The van der Waals surface area contributed by atoms with Crippen LogP contribution in [0.1, 0.15) is 68.4 Å². The van der Waals surface area contributed by atoms with Gasteiger partial charge in [0.2, 0.25) is 0 Å². The lowest BCUT2D eigenvalue weighted by molar-refractivity contribution is -0.133. The molecule has 4 heteroatoms. The third-order valence-corrected chi connectivity index (χ3v) is 4.86. The van der Waals surface area contributed by atoms with Gasteiger partial charge >= 0.3 is 6.18 Å². The van der Waals surface area contributed by atoms with Crippen LogP contribution in [0.15, 0.2) is 36.4 Å². The van der Waals surface area contributed by atoms with E-state index in [9.17, 15) is 13.2 Å². The molecule has 0 radical (unpaired) electrons. The van der Waals surface area contributed by atoms with E-state index in [0.717, 1.165) is 25.7 Å². The highest BCUT2D eigenvalue weighted by Crippen LogP contribution is 2.37. The number of hydrogen-bond acceptors (Lipinski definition) is 1. The Morgan fingerprint density at radius 1 is 1.00 bits per heavy atom. The topological polar surface area (TPSA) is 23.8 Å². The van der Waals surface area contributed by atoms with E-state index in [-0.39, 0.29) is 6.42 Å². The zero-order valence-corrected chi connectivity index (χ0v) is 13.9. The van der Waals surface area contributed by atoms with E-state index in [1.165, 1.54) is 18.4 Å². The van der Waals surface area contributed by atoms with Crippen molar-refractivity contribution in [2.45, 2.75) is 63.5 Å². The lowest BCUT2D eigenvalue weighted by Gasteiger charge is -2.28. The van der Waals surface area contributed by atoms with Crippen LogP contribution in [0.2, 0.25) is 0 Å². The molecule has 0 unspecified atom stereocenters. The highest BCUT2D eigenvalue weighted by Gasteiger charge is 2.25. The van der Waals surface area contributed by atoms with Crippen molar-refractivity contribution in [3.05, 3.63) is 47.5 Å². The Morgan fingerprint density at radius 2 is 1.62 bits per heavy atom. The van der Waals surface area contributed by atoms with Crippen LogP contribution in [-0.2, 0) is 0 Å². The Bertz CT molecular complexity index is 558. The average molecular weight is 335 g/mol. The second kappa shape index (κ2) is 8.92. The smallest absolute Gasteiger partial charge is 0.192 e. The summed E-state index contributed by atoms with van der Waals surface area (Å²) in [5.41, 5.74) is 2.02. The molecule has 0 atom stereocenters. The van der Waals surface area contributed by atoms with E-state index in [0.29, 0.717) is 17.4 Å². The Kier molecular flexibility index (Phi) is 6.90. The molecule has 2 rings (SSSR count). The maximum Gasteiger partial charge on any atom is 0.389 e. The molecule has 0 spiro atoms. The van der Waals surface area contributed by atoms with Gasteiger partial charge in [-0.05, 0) is 74.5 Å². The zero-order valence-electron chi connectivity index (χ0n) is 13.9. The fraction of sp³-hybridized carbons (Fsp3) is 0.550. The Morgan fingerprint density at radius 3 is 2.21 bits per heavy atom. The SMILES string of the molecule is N#Cc1ccc(C2CCC(CCC=CCCC(F)(F)F)CC2)cc1. The van der Waals surface area contributed by atoms with Crippen molar-refractivity contribution in [3.8, 4) is 6.07 Å². The van der Waals surface area contributed by atoms with Gasteiger partial charge in [0, 0.05) is 6.42 Å². The number of alkyl halides is 3. The van der Waals surface area contributed by atoms with E-state index in [2.05, 4.69) is 18.2 Å². The highest BCUT2D eigenvalue weighted by atomic mass is 19.4. The molecule has 0 bridgehead atoms. The first-order valence-corrected chi connectivity index (χ1v) is 8.70. The standard InChI is InChI=1S/C20H24F3N/c21-20(22,23)14-4-2-1-3-5-16-6-10-18(11-7-16)19-12-8-17(15-24)9-13-19/h1-2,8-9,12-13,16,18H,3-7,10-11,14H2.